The number of aryl methyl sites for hydroxylation is 1. The van der Waals surface area contributed by atoms with E-state index in [0.717, 1.165) is 17.1 Å². The van der Waals surface area contributed by atoms with Crippen LogP contribution in [0.2, 0.25) is 0 Å². The van der Waals surface area contributed by atoms with Crippen molar-refractivity contribution in [1.82, 2.24) is 15.6 Å². The highest BCUT2D eigenvalue weighted by Crippen LogP contribution is 2.15. The van der Waals surface area contributed by atoms with Crippen molar-refractivity contribution >= 4 is 41.3 Å². The summed E-state index contributed by atoms with van der Waals surface area (Å²) < 4.78 is 29.5. The second-order valence-electron chi connectivity index (χ2n) is 5.26. The molecule has 5 nitrogen and oxygen atoms in total. The van der Waals surface area contributed by atoms with Crippen LogP contribution in [-0.2, 0) is 13.1 Å². The van der Waals surface area contributed by atoms with Crippen molar-refractivity contribution in [2.75, 3.05) is 13.2 Å². The first-order valence-corrected chi connectivity index (χ1v) is 8.82. The van der Waals surface area contributed by atoms with E-state index in [-0.39, 0.29) is 24.0 Å². The zero-order chi connectivity index (χ0) is 18.1. The normalized spacial score (nSPS) is 11.2. The van der Waals surface area contributed by atoms with Gasteiger partial charge in [-0.1, -0.05) is 12.1 Å². The van der Waals surface area contributed by atoms with Crippen LogP contribution in [0.5, 0.6) is 5.75 Å². The van der Waals surface area contributed by atoms with Gasteiger partial charge in [0, 0.05) is 17.6 Å². The quantitative estimate of drug-likeness (QED) is 0.330. The fourth-order valence-corrected chi connectivity index (χ4v) is 2.77. The summed E-state index contributed by atoms with van der Waals surface area (Å²) in [4.78, 5) is 9.98. The molecule has 0 aliphatic rings. The molecular weight excluding hydrogens is 473 g/mol. The van der Waals surface area contributed by atoms with Gasteiger partial charge in [0.2, 0.25) is 0 Å². The molecule has 144 valence electrons. The average molecular weight is 496 g/mol. The van der Waals surface area contributed by atoms with E-state index in [4.69, 9.17) is 4.74 Å². The highest BCUT2D eigenvalue weighted by molar-refractivity contribution is 14.0. The van der Waals surface area contributed by atoms with Crippen molar-refractivity contribution in [2.45, 2.75) is 33.4 Å². The summed E-state index contributed by atoms with van der Waals surface area (Å²) in [6, 6.07) is 7.03. The van der Waals surface area contributed by atoms with Crippen LogP contribution in [0, 0.1) is 6.92 Å². The molecule has 26 heavy (non-hydrogen) atoms. The summed E-state index contributed by atoms with van der Waals surface area (Å²) in [5.74, 6) is 1.10. The Bertz CT molecular complexity index is 697. The van der Waals surface area contributed by atoms with E-state index in [2.05, 4.69) is 20.6 Å². The first-order valence-electron chi connectivity index (χ1n) is 8.00. The fraction of sp³-hybridized carbons (Fsp3) is 0.412. The summed E-state index contributed by atoms with van der Waals surface area (Å²) in [5, 5.41) is 7.39. The average Bonchev–Trinajstić information content (AvgIpc) is 3.01. The van der Waals surface area contributed by atoms with E-state index < -0.39 is 13.0 Å². The van der Waals surface area contributed by atoms with E-state index in [9.17, 15) is 8.78 Å². The van der Waals surface area contributed by atoms with Crippen molar-refractivity contribution in [1.29, 1.82) is 0 Å². The number of hydrogen-bond donors (Lipinski definition) is 2. The molecule has 0 saturated heterocycles. The molecule has 0 unspecified atom stereocenters. The summed E-state index contributed by atoms with van der Waals surface area (Å²) in [7, 11) is 0. The second kappa shape index (κ2) is 12.0. The number of ether oxygens (including phenoxy) is 1. The topological polar surface area (TPSA) is 58.5 Å². The number of benzene rings is 1. The molecule has 1 aromatic carbocycles. The summed E-state index contributed by atoms with van der Waals surface area (Å²) in [6.07, 6.45) is -0.642. The minimum atomic E-state index is -2.49. The van der Waals surface area contributed by atoms with Gasteiger partial charge in [0.15, 0.2) is 5.96 Å². The first kappa shape index (κ1) is 22.6. The minimum Gasteiger partial charge on any atom is -0.488 e. The molecule has 0 fully saturated rings. The van der Waals surface area contributed by atoms with Gasteiger partial charge in [-0.25, -0.2) is 18.8 Å². The number of hydrogen-bond acceptors (Lipinski definition) is 4. The molecular formula is C17H23F2IN4OS. The van der Waals surface area contributed by atoms with Gasteiger partial charge >= 0.3 is 0 Å². The Labute approximate surface area is 173 Å². The first-order chi connectivity index (χ1) is 12.1. The number of aromatic nitrogens is 1. The lowest BCUT2D eigenvalue weighted by molar-refractivity contribution is 0.0818. The van der Waals surface area contributed by atoms with Crippen molar-refractivity contribution in [3.05, 3.63) is 45.9 Å². The van der Waals surface area contributed by atoms with Gasteiger partial charge < -0.3 is 15.4 Å². The van der Waals surface area contributed by atoms with Crippen molar-refractivity contribution in [3.63, 3.8) is 0 Å². The smallest absolute Gasteiger partial charge is 0.272 e. The van der Waals surface area contributed by atoms with E-state index in [1.807, 2.05) is 26.1 Å². The number of nitrogens with one attached hydrogen (secondary N) is 2. The SMILES string of the molecule is CCNC(=NCc1cccc(OCC(F)F)c1)NCc1ncc(C)s1.I. The van der Waals surface area contributed by atoms with E-state index in [1.165, 1.54) is 4.88 Å². The van der Waals surface area contributed by atoms with Crippen molar-refractivity contribution in [2.24, 2.45) is 4.99 Å². The molecule has 0 spiro atoms. The number of nitrogens with zero attached hydrogens (tertiary/aromatic N) is 2. The minimum absolute atomic E-state index is 0. The molecule has 2 rings (SSSR count). The Balaban J connectivity index is 0.00000338. The van der Waals surface area contributed by atoms with Crippen LogP contribution in [0.4, 0.5) is 8.78 Å². The van der Waals surface area contributed by atoms with E-state index in [1.54, 1.807) is 29.5 Å². The van der Waals surface area contributed by atoms with Crippen LogP contribution in [-0.4, -0.2) is 30.5 Å². The summed E-state index contributed by atoms with van der Waals surface area (Å²) in [5.41, 5.74) is 0.883. The van der Waals surface area contributed by atoms with Crippen LogP contribution in [0.15, 0.2) is 35.5 Å². The number of thiazole rings is 1. The maximum absolute atomic E-state index is 12.2. The fourth-order valence-electron chi connectivity index (χ4n) is 2.05. The number of alkyl halides is 2. The molecule has 0 aliphatic carbocycles. The van der Waals surface area contributed by atoms with Gasteiger partial charge in [-0.05, 0) is 31.5 Å². The number of halogens is 3. The standard InChI is InChI=1S/C17H22F2N4OS.HI/c1-3-20-17(23-10-16-21-8-12(2)25-16)22-9-13-5-4-6-14(7-13)24-11-15(18)19;/h4-8,15H,3,9-11H2,1-2H3,(H2,20,22,23);1H. The van der Waals surface area contributed by atoms with Crippen LogP contribution >= 0.6 is 35.3 Å². The van der Waals surface area contributed by atoms with Gasteiger partial charge in [0.1, 0.15) is 17.4 Å². The third-order valence-electron chi connectivity index (χ3n) is 3.11. The third kappa shape index (κ3) is 8.26. The zero-order valence-corrected chi connectivity index (χ0v) is 17.8. The van der Waals surface area contributed by atoms with Gasteiger partial charge in [-0.2, -0.15) is 0 Å². The highest BCUT2D eigenvalue weighted by atomic mass is 127. The summed E-state index contributed by atoms with van der Waals surface area (Å²) >= 11 is 1.64. The zero-order valence-electron chi connectivity index (χ0n) is 14.7. The van der Waals surface area contributed by atoms with Gasteiger partial charge in [0.25, 0.3) is 6.43 Å². The molecule has 0 radical (unpaired) electrons. The molecule has 0 atom stereocenters. The van der Waals surface area contributed by atoms with E-state index >= 15 is 0 Å². The van der Waals surface area contributed by atoms with Crippen LogP contribution < -0.4 is 15.4 Å². The van der Waals surface area contributed by atoms with Crippen LogP contribution in [0.3, 0.4) is 0 Å². The lowest BCUT2D eigenvalue weighted by Crippen LogP contribution is -2.36. The molecule has 1 aromatic heterocycles. The van der Waals surface area contributed by atoms with E-state index in [0.29, 0.717) is 24.8 Å². The maximum atomic E-state index is 12.2. The largest absolute Gasteiger partial charge is 0.488 e. The lowest BCUT2D eigenvalue weighted by Gasteiger charge is -2.10. The molecule has 2 aromatic rings. The Kier molecular flexibility index (Phi) is 10.4. The van der Waals surface area contributed by atoms with Gasteiger partial charge in [0.05, 0.1) is 13.1 Å². The molecule has 2 N–H and O–H groups in total. The molecule has 1 heterocycles. The van der Waals surface area contributed by atoms with Crippen LogP contribution in [0.25, 0.3) is 0 Å². The predicted molar refractivity (Wildman–Crippen MR) is 112 cm³/mol. The Morgan fingerprint density at radius 3 is 2.81 bits per heavy atom. The van der Waals surface area contributed by atoms with Crippen LogP contribution in [0.1, 0.15) is 22.4 Å². The molecule has 0 saturated carbocycles. The molecule has 9 heteroatoms. The maximum Gasteiger partial charge on any atom is 0.272 e. The highest BCUT2D eigenvalue weighted by Gasteiger charge is 2.05. The number of rotatable bonds is 8. The molecule has 0 amide bonds. The predicted octanol–water partition coefficient (Wildman–Crippen LogP) is 3.97. The number of aliphatic imine (C=N–C) groups is 1. The number of guanidine groups is 1. The van der Waals surface area contributed by atoms with Gasteiger partial charge in [-0.3, -0.25) is 0 Å². The Morgan fingerprint density at radius 1 is 1.35 bits per heavy atom. The second-order valence-corrected chi connectivity index (χ2v) is 6.58. The molecule has 0 aliphatic heterocycles. The Hall–Kier alpha value is -1.49. The third-order valence-corrected chi connectivity index (χ3v) is 4.03. The van der Waals surface area contributed by atoms with Crippen molar-refractivity contribution < 1.29 is 13.5 Å². The van der Waals surface area contributed by atoms with Gasteiger partial charge in [-0.15, -0.1) is 35.3 Å². The summed E-state index contributed by atoms with van der Waals surface area (Å²) in [6.45, 7) is 5.15. The van der Waals surface area contributed by atoms with Crippen molar-refractivity contribution in [3.8, 4) is 5.75 Å². The monoisotopic (exact) mass is 496 g/mol. The molecule has 0 bridgehead atoms. The lowest BCUT2D eigenvalue weighted by atomic mass is 10.2. The Morgan fingerprint density at radius 2 is 2.15 bits per heavy atom.